The van der Waals surface area contributed by atoms with E-state index in [1.165, 1.54) is 36.4 Å². The second kappa shape index (κ2) is 5.29. The maximum Gasteiger partial charge on any atom is 0.202 e. The summed E-state index contributed by atoms with van der Waals surface area (Å²) in [6.45, 7) is 3.12. The van der Waals surface area contributed by atoms with Gasteiger partial charge in [-0.15, -0.1) is 0 Å². The number of benzene rings is 1. The maximum atomic E-state index is 4.71. The summed E-state index contributed by atoms with van der Waals surface area (Å²) in [6, 6.07) is 10.7. The first-order valence-corrected chi connectivity index (χ1v) is 7.76. The van der Waals surface area contributed by atoms with E-state index in [1.807, 2.05) is 0 Å². The molecule has 1 aromatic heterocycles. The van der Waals surface area contributed by atoms with Crippen molar-refractivity contribution in [2.75, 3.05) is 11.9 Å². The SMILES string of the molecule is CCCNc1nc(C2(c3ccccc3)CCC2)ns1. The molecule has 1 aliphatic carbocycles. The molecule has 1 aliphatic rings. The molecule has 1 fully saturated rings. The third kappa shape index (κ3) is 2.25. The number of aromatic nitrogens is 2. The summed E-state index contributed by atoms with van der Waals surface area (Å²) in [5, 5.41) is 4.29. The minimum atomic E-state index is 0.0733. The highest BCUT2D eigenvalue weighted by Gasteiger charge is 2.43. The van der Waals surface area contributed by atoms with Crippen molar-refractivity contribution in [1.29, 1.82) is 0 Å². The maximum absolute atomic E-state index is 4.71. The molecule has 0 saturated heterocycles. The van der Waals surface area contributed by atoms with E-state index < -0.39 is 0 Å². The van der Waals surface area contributed by atoms with Gasteiger partial charge in [0, 0.05) is 18.1 Å². The number of anilines is 1. The smallest absolute Gasteiger partial charge is 0.202 e. The van der Waals surface area contributed by atoms with Gasteiger partial charge in [0.2, 0.25) is 5.13 Å². The Morgan fingerprint density at radius 2 is 2.05 bits per heavy atom. The molecule has 0 amide bonds. The number of hydrogen-bond donors (Lipinski definition) is 1. The van der Waals surface area contributed by atoms with Gasteiger partial charge in [0.15, 0.2) is 5.82 Å². The molecule has 1 saturated carbocycles. The van der Waals surface area contributed by atoms with Gasteiger partial charge in [0.25, 0.3) is 0 Å². The van der Waals surface area contributed by atoms with E-state index in [-0.39, 0.29) is 5.41 Å². The van der Waals surface area contributed by atoms with Gasteiger partial charge in [0.1, 0.15) is 0 Å². The van der Waals surface area contributed by atoms with Crippen LogP contribution in [0, 0.1) is 0 Å². The predicted molar refractivity (Wildman–Crippen MR) is 79.8 cm³/mol. The highest BCUT2D eigenvalue weighted by atomic mass is 32.1. The third-order valence-electron chi connectivity index (χ3n) is 3.91. The molecule has 0 radical (unpaired) electrons. The van der Waals surface area contributed by atoms with Gasteiger partial charge >= 0.3 is 0 Å². The van der Waals surface area contributed by atoms with Gasteiger partial charge in [-0.25, -0.2) is 4.98 Å². The van der Waals surface area contributed by atoms with E-state index >= 15 is 0 Å². The average Bonchev–Trinajstić information content (AvgIpc) is 2.85. The lowest BCUT2D eigenvalue weighted by Crippen LogP contribution is -2.36. The molecule has 0 spiro atoms. The fourth-order valence-electron chi connectivity index (χ4n) is 2.65. The van der Waals surface area contributed by atoms with Crippen molar-refractivity contribution < 1.29 is 0 Å². The molecule has 1 N–H and O–H groups in total. The monoisotopic (exact) mass is 273 g/mol. The Balaban J connectivity index is 1.88. The van der Waals surface area contributed by atoms with E-state index in [0.29, 0.717) is 0 Å². The van der Waals surface area contributed by atoms with Gasteiger partial charge in [-0.05, 0) is 24.8 Å². The van der Waals surface area contributed by atoms with E-state index in [2.05, 4.69) is 46.9 Å². The van der Waals surface area contributed by atoms with Crippen molar-refractivity contribution in [2.45, 2.75) is 38.0 Å². The summed E-state index contributed by atoms with van der Waals surface area (Å²) >= 11 is 1.49. The third-order valence-corrected chi connectivity index (χ3v) is 4.59. The molecule has 1 aromatic carbocycles. The van der Waals surface area contributed by atoms with Crippen LogP contribution >= 0.6 is 11.5 Å². The Kier molecular flexibility index (Phi) is 3.51. The molecule has 100 valence electrons. The average molecular weight is 273 g/mol. The summed E-state index contributed by atoms with van der Waals surface area (Å²) in [4.78, 5) is 4.71. The lowest BCUT2D eigenvalue weighted by molar-refractivity contribution is 0.288. The molecule has 3 nitrogen and oxygen atoms in total. The minimum Gasteiger partial charge on any atom is -0.360 e. The van der Waals surface area contributed by atoms with E-state index in [9.17, 15) is 0 Å². The standard InChI is InChI=1S/C15H19N3S/c1-2-11-16-14-17-13(18-19-14)15(9-6-10-15)12-7-4-3-5-8-12/h3-5,7-8H,2,6,9-11H2,1H3,(H,16,17,18). The first kappa shape index (κ1) is 12.6. The summed E-state index contributed by atoms with van der Waals surface area (Å²) in [5.74, 6) is 1.01. The highest BCUT2D eigenvalue weighted by Crippen LogP contribution is 2.48. The van der Waals surface area contributed by atoms with Crippen LogP contribution in [-0.4, -0.2) is 15.9 Å². The molecule has 0 bridgehead atoms. The van der Waals surface area contributed by atoms with Crippen LogP contribution in [0.5, 0.6) is 0 Å². The highest BCUT2D eigenvalue weighted by molar-refractivity contribution is 7.09. The number of hydrogen-bond acceptors (Lipinski definition) is 4. The van der Waals surface area contributed by atoms with Crippen molar-refractivity contribution in [2.24, 2.45) is 0 Å². The Hall–Kier alpha value is -1.42. The van der Waals surface area contributed by atoms with E-state index in [0.717, 1.165) is 23.9 Å². The summed E-state index contributed by atoms with van der Waals surface area (Å²) < 4.78 is 4.61. The zero-order valence-electron chi connectivity index (χ0n) is 11.2. The predicted octanol–water partition coefficient (Wildman–Crippen LogP) is 3.83. The Morgan fingerprint density at radius 3 is 2.68 bits per heavy atom. The topological polar surface area (TPSA) is 37.8 Å². The van der Waals surface area contributed by atoms with Crippen LogP contribution < -0.4 is 5.32 Å². The second-order valence-electron chi connectivity index (χ2n) is 5.15. The molecule has 1 heterocycles. The van der Waals surface area contributed by atoms with Crippen LogP contribution in [0.15, 0.2) is 30.3 Å². The normalized spacial score (nSPS) is 16.9. The molecule has 3 rings (SSSR count). The Morgan fingerprint density at radius 1 is 1.26 bits per heavy atom. The van der Waals surface area contributed by atoms with Gasteiger partial charge in [-0.2, -0.15) is 4.37 Å². The molecule has 2 aromatic rings. The van der Waals surface area contributed by atoms with Gasteiger partial charge in [-0.1, -0.05) is 43.7 Å². The summed E-state index contributed by atoms with van der Waals surface area (Å²) in [5.41, 5.74) is 1.44. The van der Waals surface area contributed by atoms with Crippen molar-refractivity contribution in [3.05, 3.63) is 41.7 Å². The minimum absolute atomic E-state index is 0.0733. The van der Waals surface area contributed by atoms with Crippen molar-refractivity contribution in [3.8, 4) is 0 Å². The van der Waals surface area contributed by atoms with Gasteiger partial charge in [-0.3, -0.25) is 0 Å². The van der Waals surface area contributed by atoms with Crippen LogP contribution in [0.1, 0.15) is 44.0 Å². The van der Waals surface area contributed by atoms with Crippen molar-refractivity contribution in [1.82, 2.24) is 9.36 Å². The van der Waals surface area contributed by atoms with Gasteiger partial charge < -0.3 is 5.32 Å². The molecule has 0 aliphatic heterocycles. The van der Waals surface area contributed by atoms with Crippen molar-refractivity contribution in [3.63, 3.8) is 0 Å². The molecule has 0 atom stereocenters. The van der Waals surface area contributed by atoms with Crippen LogP contribution in [0.2, 0.25) is 0 Å². The Bertz CT molecular complexity index is 531. The Labute approximate surface area is 118 Å². The molecular formula is C15H19N3S. The lowest BCUT2D eigenvalue weighted by atomic mass is 9.64. The molecular weight excluding hydrogens is 254 g/mol. The summed E-state index contributed by atoms with van der Waals surface area (Å²) in [6.07, 6.45) is 4.71. The number of nitrogens with one attached hydrogen (secondary N) is 1. The number of nitrogens with zero attached hydrogens (tertiary/aromatic N) is 2. The largest absolute Gasteiger partial charge is 0.360 e. The second-order valence-corrected chi connectivity index (χ2v) is 5.90. The van der Waals surface area contributed by atoms with Crippen molar-refractivity contribution >= 4 is 16.7 Å². The van der Waals surface area contributed by atoms with Crippen LogP contribution in [-0.2, 0) is 5.41 Å². The quantitative estimate of drug-likeness (QED) is 0.899. The molecule has 19 heavy (non-hydrogen) atoms. The zero-order chi connectivity index (χ0) is 13.1. The molecule has 4 heteroatoms. The van der Waals surface area contributed by atoms with Crippen LogP contribution in [0.25, 0.3) is 0 Å². The first-order chi connectivity index (χ1) is 9.35. The molecule has 0 unspecified atom stereocenters. The fourth-order valence-corrected chi connectivity index (χ4v) is 3.33. The zero-order valence-corrected chi connectivity index (χ0v) is 12.0. The lowest BCUT2D eigenvalue weighted by Gasteiger charge is -2.40. The fraction of sp³-hybridized carbons (Fsp3) is 0.467. The summed E-state index contributed by atoms with van der Waals surface area (Å²) in [7, 11) is 0. The number of rotatable bonds is 5. The first-order valence-electron chi connectivity index (χ1n) is 6.99. The van der Waals surface area contributed by atoms with Crippen LogP contribution in [0.3, 0.4) is 0 Å². The van der Waals surface area contributed by atoms with Crippen LogP contribution in [0.4, 0.5) is 5.13 Å². The van der Waals surface area contributed by atoms with E-state index in [1.54, 1.807) is 0 Å². The van der Waals surface area contributed by atoms with Gasteiger partial charge in [0.05, 0.1) is 5.41 Å². The van der Waals surface area contributed by atoms with E-state index in [4.69, 9.17) is 4.98 Å².